The summed E-state index contributed by atoms with van der Waals surface area (Å²) in [6.45, 7) is 0. The molecular weight excluding hydrogens is 240 g/mol. The van der Waals surface area contributed by atoms with E-state index in [-0.39, 0.29) is 0 Å². The number of aromatic nitrogens is 4. The summed E-state index contributed by atoms with van der Waals surface area (Å²) in [7, 11) is 3.97. The molecule has 0 unspecified atom stereocenters. The van der Waals surface area contributed by atoms with Gasteiger partial charge in [-0.25, -0.2) is 9.97 Å². The van der Waals surface area contributed by atoms with Crippen molar-refractivity contribution < 1.29 is 4.42 Å². The summed E-state index contributed by atoms with van der Waals surface area (Å²) in [5, 5.41) is 0. The average Bonchev–Trinajstić information content (AvgIpc) is 3.10. The molecule has 1 aromatic carbocycles. The van der Waals surface area contributed by atoms with Gasteiger partial charge in [0.2, 0.25) is 0 Å². The van der Waals surface area contributed by atoms with Crippen LogP contribution in [0.15, 0.2) is 41.3 Å². The summed E-state index contributed by atoms with van der Waals surface area (Å²) in [6, 6.07) is 7.90. The molecule has 0 spiro atoms. The van der Waals surface area contributed by atoms with Crippen LogP contribution >= 0.6 is 0 Å². The second-order valence-corrected chi connectivity index (χ2v) is 4.66. The molecule has 0 aliphatic carbocycles. The van der Waals surface area contributed by atoms with Crippen molar-refractivity contribution in [3.05, 3.63) is 36.9 Å². The van der Waals surface area contributed by atoms with E-state index in [1.165, 1.54) is 0 Å². The van der Waals surface area contributed by atoms with Crippen molar-refractivity contribution in [3.8, 4) is 11.6 Å². The highest BCUT2D eigenvalue weighted by Gasteiger charge is 2.13. The van der Waals surface area contributed by atoms with E-state index >= 15 is 0 Å². The van der Waals surface area contributed by atoms with Crippen LogP contribution in [0.25, 0.3) is 33.7 Å². The molecular formula is C14H12N4O. The maximum absolute atomic E-state index is 5.43. The van der Waals surface area contributed by atoms with Crippen LogP contribution in [0.4, 0.5) is 0 Å². The average molecular weight is 252 g/mol. The van der Waals surface area contributed by atoms with Crippen molar-refractivity contribution >= 4 is 22.1 Å². The summed E-state index contributed by atoms with van der Waals surface area (Å²) >= 11 is 0. The number of fused-ring (bicyclic) bond motifs is 2. The van der Waals surface area contributed by atoms with Gasteiger partial charge in [0, 0.05) is 14.1 Å². The number of benzene rings is 1. The Morgan fingerprint density at radius 2 is 1.95 bits per heavy atom. The molecule has 3 aromatic heterocycles. The largest absolute Gasteiger partial charge is 0.461 e. The number of furan rings is 1. The van der Waals surface area contributed by atoms with Crippen LogP contribution in [0, 0.1) is 0 Å². The van der Waals surface area contributed by atoms with E-state index in [4.69, 9.17) is 4.42 Å². The smallest absolute Gasteiger partial charge is 0.176 e. The lowest BCUT2D eigenvalue weighted by atomic mass is 10.2. The summed E-state index contributed by atoms with van der Waals surface area (Å²) in [5.74, 6) is 1.60. The molecule has 0 radical (unpaired) electrons. The lowest BCUT2D eigenvalue weighted by molar-refractivity contribution is 0.574. The third kappa shape index (κ3) is 1.35. The Kier molecular flexibility index (Phi) is 1.90. The number of aryl methyl sites for hydroxylation is 2. The first-order chi connectivity index (χ1) is 9.24. The van der Waals surface area contributed by atoms with Gasteiger partial charge >= 0.3 is 0 Å². The van der Waals surface area contributed by atoms with Gasteiger partial charge in [-0.15, -0.1) is 0 Å². The van der Waals surface area contributed by atoms with Gasteiger partial charge in [0.25, 0.3) is 0 Å². The summed E-state index contributed by atoms with van der Waals surface area (Å²) < 4.78 is 9.45. The highest BCUT2D eigenvalue weighted by atomic mass is 16.3. The summed E-state index contributed by atoms with van der Waals surface area (Å²) in [5.41, 5.74) is 4.06. The van der Waals surface area contributed by atoms with Crippen molar-refractivity contribution in [3.63, 3.8) is 0 Å². The molecule has 0 saturated carbocycles. The Bertz CT molecular complexity index is 883. The predicted octanol–water partition coefficient (Wildman–Crippen LogP) is 2.72. The molecule has 5 nitrogen and oxygen atoms in total. The molecule has 0 bridgehead atoms. The zero-order chi connectivity index (χ0) is 13.0. The van der Waals surface area contributed by atoms with Gasteiger partial charge in [0.05, 0.1) is 34.7 Å². The van der Waals surface area contributed by atoms with Gasteiger partial charge in [-0.05, 0) is 24.3 Å². The van der Waals surface area contributed by atoms with Crippen molar-refractivity contribution in [2.24, 2.45) is 14.1 Å². The molecule has 94 valence electrons. The summed E-state index contributed by atoms with van der Waals surface area (Å²) in [4.78, 5) is 9.03. The monoisotopic (exact) mass is 252 g/mol. The number of hydrogen-bond donors (Lipinski definition) is 0. The summed E-state index contributed by atoms with van der Waals surface area (Å²) in [6.07, 6.45) is 3.48. The Morgan fingerprint density at radius 3 is 2.74 bits per heavy atom. The van der Waals surface area contributed by atoms with E-state index in [0.717, 1.165) is 33.7 Å². The molecule has 0 N–H and O–H groups in total. The molecule has 0 aliphatic heterocycles. The van der Waals surface area contributed by atoms with Crippen LogP contribution in [-0.4, -0.2) is 19.1 Å². The molecule has 3 heterocycles. The van der Waals surface area contributed by atoms with Gasteiger partial charge in [0.15, 0.2) is 11.6 Å². The van der Waals surface area contributed by atoms with Crippen LogP contribution in [0.1, 0.15) is 0 Å². The number of rotatable bonds is 1. The molecule has 0 fully saturated rings. The Labute approximate surface area is 109 Å². The van der Waals surface area contributed by atoms with Crippen molar-refractivity contribution in [1.82, 2.24) is 19.1 Å². The normalized spacial score (nSPS) is 11.7. The topological polar surface area (TPSA) is 48.8 Å². The minimum atomic E-state index is 0.774. The lowest BCUT2D eigenvalue weighted by Gasteiger charge is -1.98. The number of imidazole rings is 2. The second-order valence-electron chi connectivity index (χ2n) is 4.66. The Morgan fingerprint density at radius 1 is 1.11 bits per heavy atom. The van der Waals surface area contributed by atoms with Crippen molar-refractivity contribution in [1.29, 1.82) is 0 Å². The van der Waals surface area contributed by atoms with E-state index < -0.39 is 0 Å². The van der Waals surface area contributed by atoms with Crippen molar-refractivity contribution in [2.75, 3.05) is 0 Å². The maximum atomic E-state index is 5.43. The molecule has 0 saturated heterocycles. The third-order valence-corrected chi connectivity index (χ3v) is 3.47. The number of hydrogen-bond acceptors (Lipinski definition) is 3. The number of nitrogens with zero attached hydrogens (tertiary/aromatic N) is 4. The maximum Gasteiger partial charge on any atom is 0.176 e. The molecule has 0 amide bonds. The minimum absolute atomic E-state index is 0.774. The fourth-order valence-electron chi connectivity index (χ4n) is 2.44. The highest BCUT2D eigenvalue weighted by molar-refractivity contribution is 5.93. The molecule has 5 heteroatoms. The van der Waals surface area contributed by atoms with Gasteiger partial charge < -0.3 is 13.6 Å². The van der Waals surface area contributed by atoms with E-state index in [1.807, 2.05) is 41.7 Å². The molecule has 4 rings (SSSR count). The third-order valence-electron chi connectivity index (χ3n) is 3.47. The van der Waals surface area contributed by atoms with Crippen LogP contribution in [-0.2, 0) is 14.1 Å². The van der Waals surface area contributed by atoms with Crippen LogP contribution in [0.3, 0.4) is 0 Å². The first-order valence-electron chi connectivity index (χ1n) is 6.05. The zero-order valence-corrected chi connectivity index (χ0v) is 10.7. The predicted molar refractivity (Wildman–Crippen MR) is 72.7 cm³/mol. The van der Waals surface area contributed by atoms with Gasteiger partial charge in [-0.3, -0.25) is 0 Å². The molecule has 19 heavy (non-hydrogen) atoms. The fraction of sp³-hybridized carbons (Fsp3) is 0.143. The van der Waals surface area contributed by atoms with Gasteiger partial charge in [0.1, 0.15) is 0 Å². The van der Waals surface area contributed by atoms with Crippen LogP contribution in [0.2, 0.25) is 0 Å². The second kappa shape index (κ2) is 3.47. The zero-order valence-electron chi connectivity index (χ0n) is 10.7. The standard InChI is InChI=1S/C14H12N4O/c1-17-8-15-9-6-12-10(7-11(9)17)16-14(18(12)2)13-4-3-5-19-13/h3-8H,1-2H3. The SMILES string of the molecule is Cn1cnc2cc3c(cc21)nc(-c1ccco1)n3C. The van der Waals surface area contributed by atoms with E-state index in [0.29, 0.717) is 0 Å². The van der Waals surface area contributed by atoms with E-state index in [2.05, 4.69) is 22.1 Å². The minimum Gasteiger partial charge on any atom is -0.461 e. The first-order valence-corrected chi connectivity index (χ1v) is 6.05. The lowest BCUT2D eigenvalue weighted by Crippen LogP contribution is -1.91. The Hall–Kier alpha value is -2.56. The first kappa shape index (κ1) is 10.4. The fourth-order valence-corrected chi connectivity index (χ4v) is 2.44. The molecule has 0 atom stereocenters. The quantitative estimate of drug-likeness (QED) is 0.523. The van der Waals surface area contributed by atoms with Crippen LogP contribution < -0.4 is 0 Å². The van der Waals surface area contributed by atoms with Crippen LogP contribution in [0.5, 0.6) is 0 Å². The molecule has 4 aromatic rings. The highest BCUT2D eigenvalue weighted by Crippen LogP contribution is 2.26. The Balaban J connectivity index is 2.08. The van der Waals surface area contributed by atoms with Gasteiger partial charge in [-0.2, -0.15) is 0 Å². The van der Waals surface area contributed by atoms with Crippen molar-refractivity contribution in [2.45, 2.75) is 0 Å². The molecule has 0 aliphatic rings. The van der Waals surface area contributed by atoms with Gasteiger partial charge in [-0.1, -0.05) is 0 Å². The van der Waals surface area contributed by atoms with E-state index in [1.54, 1.807) is 6.26 Å². The van der Waals surface area contributed by atoms with E-state index in [9.17, 15) is 0 Å².